The molecule has 2 aliphatic rings. The maximum Gasteiger partial charge on any atom is 0.239 e. The standard InChI is InChI=1S/C23H25N5O/c1-23(18-7-5-6-16(14-18)15-24)20(21(29)27(2)22(25)26-23)17-8-10-19(11-9-17)28-12-3-4-13-28/h5-11,14,20H,3-4,12-13H2,1-2H3,(H2,25,26)/t20-,23+/m0/s1. The van der Waals surface area contributed by atoms with Crippen molar-refractivity contribution in [2.24, 2.45) is 10.7 Å². The Morgan fingerprint density at radius 1 is 1.17 bits per heavy atom. The van der Waals surface area contributed by atoms with E-state index in [2.05, 4.69) is 23.1 Å². The van der Waals surface area contributed by atoms with Crippen LogP contribution in [0.5, 0.6) is 0 Å². The Hall–Kier alpha value is -3.33. The van der Waals surface area contributed by atoms with E-state index in [1.165, 1.54) is 23.4 Å². The first-order chi connectivity index (χ1) is 13.9. The predicted octanol–water partition coefficient (Wildman–Crippen LogP) is 2.94. The van der Waals surface area contributed by atoms with Crippen LogP contribution < -0.4 is 10.6 Å². The number of amides is 1. The van der Waals surface area contributed by atoms with Gasteiger partial charge in [0, 0.05) is 25.8 Å². The van der Waals surface area contributed by atoms with Crippen LogP contribution in [-0.2, 0) is 10.3 Å². The first-order valence-electron chi connectivity index (χ1n) is 9.92. The number of rotatable bonds is 3. The average molecular weight is 387 g/mol. The van der Waals surface area contributed by atoms with E-state index in [0.29, 0.717) is 5.56 Å². The number of guanidine groups is 1. The van der Waals surface area contributed by atoms with Crippen molar-refractivity contribution in [3.63, 3.8) is 0 Å². The van der Waals surface area contributed by atoms with Crippen molar-refractivity contribution >= 4 is 17.6 Å². The van der Waals surface area contributed by atoms with Gasteiger partial charge in [-0.3, -0.25) is 9.69 Å². The zero-order chi connectivity index (χ0) is 20.6. The van der Waals surface area contributed by atoms with E-state index in [1.54, 1.807) is 19.2 Å². The third-order valence-electron chi connectivity index (χ3n) is 6.10. The van der Waals surface area contributed by atoms with Crippen LogP contribution in [0.15, 0.2) is 53.5 Å². The number of aliphatic imine (C=N–C) groups is 1. The molecule has 0 aromatic heterocycles. The van der Waals surface area contributed by atoms with Crippen LogP contribution >= 0.6 is 0 Å². The minimum absolute atomic E-state index is 0.101. The van der Waals surface area contributed by atoms with Gasteiger partial charge in [-0.1, -0.05) is 24.3 Å². The Labute approximate surface area is 171 Å². The third-order valence-corrected chi connectivity index (χ3v) is 6.10. The Morgan fingerprint density at radius 3 is 2.52 bits per heavy atom. The molecule has 4 rings (SSSR count). The van der Waals surface area contributed by atoms with Crippen molar-refractivity contribution in [2.75, 3.05) is 25.0 Å². The summed E-state index contributed by atoms with van der Waals surface area (Å²) >= 11 is 0. The fraction of sp³-hybridized carbons (Fsp3) is 0.348. The van der Waals surface area contributed by atoms with Gasteiger partial charge in [0.05, 0.1) is 17.6 Å². The van der Waals surface area contributed by atoms with E-state index in [9.17, 15) is 10.1 Å². The van der Waals surface area contributed by atoms with E-state index in [4.69, 9.17) is 10.7 Å². The number of anilines is 1. The quantitative estimate of drug-likeness (QED) is 0.877. The van der Waals surface area contributed by atoms with Gasteiger partial charge in [-0.2, -0.15) is 5.26 Å². The highest BCUT2D eigenvalue weighted by Gasteiger charge is 2.47. The minimum Gasteiger partial charge on any atom is -0.372 e. The highest BCUT2D eigenvalue weighted by atomic mass is 16.2. The van der Waals surface area contributed by atoms with Gasteiger partial charge in [0.2, 0.25) is 5.91 Å². The summed E-state index contributed by atoms with van der Waals surface area (Å²) in [4.78, 5) is 21.8. The number of nitrogens with two attached hydrogens (primary N) is 1. The van der Waals surface area contributed by atoms with E-state index in [1.807, 2.05) is 31.2 Å². The summed E-state index contributed by atoms with van der Waals surface area (Å²) in [5, 5.41) is 9.32. The van der Waals surface area contributed by atoms with Gasteiger partial charge in [-0.25, -0.2) is 4.99 Å². The summed E-state index contributed by atoms with van der Waals surface area (Å²) in [6, 6.07) is 17.6. The number of carbonyl (C=O) groups is 1. The zero-order valence-electron chi connectivity index (χ0n) is 16.8. The van der Waals surface area contributed by atoms with Crippen LogP contribution in [0.4, 0.5) is 5.69 Å². The lowest BCUT2D eigenvalue weighted by Crippen LogP contribution is -2.52. The number of hydrogen-bond donors (Lipinski definition) is 1. The highest BCUT2D eigenvalue weighted by molar-refractivity contribution is 6.02. The molecule has 0 spiro atoms. The topological polar surface area (TPSA) is 85.7 Å². The zero-order valence-corrected chi connectivity index (χ0v) is 16.8. The van der Waals surface area contributed by atoms with Crippen molar-refractivity contribution in [1.29, 1.82) is 5.26 Å². The Bertz CT molecular complexity index is 1000. The second-order valence-corrected chi connectivity index (χ2v) is 7.93. The van der Waals surface area contributed by atoms with Crippen molar-refractivity contribution in [3.8, 4) is 6.07 Å². The van der Waals surface area contributed by atoms with E-state index >= 15 is 0 Å². The van der Waals surface area contributed by atoms with E-state index in [-0.39, 0.29) is 11.9 Å². The molecule has 2 aliphatic heterocycles. The lowest BCUT2D eigenvalue weighted by Gasteiger charge is -2.41. The largest absolute Gasteiger partial charge is 0.372 e. The summed E-state index contributed by atoms with van der Waals surface area (Å²) < 4.78 is 0. The molecule has 2 heterocycles. The molecular formula is C23H25N5O. The molecule has 2 aromatic carbocycles. The number of hydrogen-bond acceptors (Lipinski definition) is 5. The van der Waals surface area contributed by atoms with Crippen molar-refractivity contribution in [2.45, 2.75) is 31.2 Å². The molecule has 29 heavy (non-hydrogen) atoms. The minimum atomic E-state index is -0.893. The molecule has 1 amide bonds. The summed E-state index contributed by atoms with van der Waals surface area (Å²) in [6.45, 7) is 4.06. The molecule has 0 radical (unpaired) electrons. The Morgan fingerprint density at radius 2 is 1.86 bits per heavy atom. The second-order valence-electron chi connectivity index (χ2n) is 7.93. The van der Waals surface area contributed by atoms with Gasteiger partial charge >= 0.3 is 0 Å². The molecule has 2 aromatic rings. The molecule has 0 saturated carbocycles. The van der Waals surface area contributed by atoms with Crippen molar-refractivity contribution in [1.82, 2.24) is 4.90 Å². The normalized spacial score (nSPS) is 24.4. The van der Waals surface area contributed by atoms with Gasteiger partial charge in [0.25, 0.3) is 0 Å². The number of benzene rings is 2. The summed E-state index contributed by atoms with van der Waals surface area (Å²) in [7, 11) is 1.65. The predicted molar refractivity (Wildman–Crippen MR) is 114 cm³/mol. The van der Waals surface area contributed by atoms with Gasteiger partial charge in [0.1, 0.15) is 5.54 Å². The SMILES string of the molecule is CN1C(=O)[C@H](c2ccc(N3CCCC3)cc2)[C@@](C)(c2cccc(C#N)c2)N=C1N. The maximum atomic E-state index is 13.3. The fourth-order valence-electron chi connectivity index (χ4n) is 4.38. The molecule has 1 saturated heterocycles. The molecule has 0 unspecified atom stereocenters. The first kappa shape index (κ1) is 19.0. The molecule has 148 valence electrons. The lowest BCUT2D eigenvalue weighted by atomic mass is 9.74. The van der Waals surface area contributed by atoms with Crippen LogP contribution in [0.3, 0.4) is 0 Å². The molecule has 6 nitrogen and oxygen atoms in total. The van der Waals surface area contributed by atoms with E-state index < -0.39 is 11.5 Å². The van der Waals surface area contributed by atoms with Crippen LogP contribution in [-0.4, -0.2) is 36.9 Å². The van der Waals surface area contributed by atoms with Gasteiger partial charge in [-0.15, -0.1) is 0 Å². The number of carbonyl (C=O) groups excluding carboxylic acids is 1. The molecule has 2 N–H and O–H groups in total. The van der Waals surface area contributed by atoms with E-state index in [0.717, 1.165) is 24.2 Å². The molecule has 6 heteroatoms. The van der Waals surface area contributed by atoms with Crippen molar-refractivity contribution < 1.29 is 4.79 Å². The van der Waals surface area contributed by atoms with Crippen molar-refractivity contribution in [3.05, 3.63) is 65.2 Å². The average Bonchev–Trinajstić information content (AvgIpc) is 3.28. The first-order valence-corrected chi connectivity index (χ1v) is 9.92. The summed E-state index contributed by atoms with van der Waals surface area (Å²) in [5.41, 5.74) is 8.60. The maximum absolute atomic E-state index is 13.3. The van der Waals surface area contributed by atoms with Crippen LogP contribution in [0.2, 0.25) is 0 Å². The summed E-state index contributed by atoms with van der Waals surface area (Å²) in [5.74, 6) is -0.442. The lowest BCUT2D eigenvalue weighted by molar-refractivity contribution is -0.130. The monoisotopic (exact) mass is 387 g/mol. The molecular weight excluding hydrogens is 362 g/mol. The van der Waals surface area contributed by atoms with Crippen LogP contribution in [0, 0.1) is 11.3 Å². The number of likely N-dealkylation sites (N-methyl/N-ethyl adjacent to an activating group) is 1. The fourth-order valence-corrected chi connectivity index (χ4v) is 4.38. The Kier molecular flexibility index (Phi) is 4.75. The summed E-state index contributed by atoms with van der Waals surface area (Å²) in [6.07, 6.45) is 2.43. The highest BCUT2D eigenvalue weighted by Crippen LogP contribution is 2.44. The van der Waals surface area contributed by atoms with Gasteiger partial charge in [0.15, 0.2) is 5.96 Å². The third kappa shape index (κ3) is 3.23. The smallest absolute Gasteiger partial charge is 0.239 e. The molecule has 2 atom stereocenters. The molecule has 1 fully saturated rings. The van der Waals surface area contributed by atoms with Gasteiger partial charge in [-0.05, 0) is 55.2 Å². The van der Waals surface area contributed by atoms with Crippen LogP contribution in [0.25, 0.3) is 0 Å². The molecule has 0 aliphatic carbocycles. The number of nitrogens with zero attached hydrogens (tertiary/aromatic N) is 4. The second kappa shape index (κ2) is 7.25. The number of nitriles is 1. The molecule has 0 bridgehead atoms. The Balaban J connectivity index is 1.79. The van der Waals surface area contributed by atoms with Gasteiger partial charge < -0.3 is 10.6 Å². The van der Waals surface area contributed by atoms with Crippen LogP contribution in [0.1, 0.15) is 42.4 Å².